The average molecular weight is 423 g/mol. The van der Waals surface area contributed by atoms with Crippen LogP contribution in [-0.4, -0.2) is 20.8 Å². The molecule has 1 heterocycles. The van der Waals surface area contributed by atoms with Crippen molar-refractivity contribution >= 4 is 5.91 Å². The summed E-state index contributed by atoms with van der Waals surface area (Å²) in [7, 11) is 0. The predicted octanol–water partition coefficient (Wildman–Crippen LogP) is 5.13. The van der Waals surface area contributed by atoms with Gasteiger partial charge in [0.25, 0.3) is 5.91 Å². The Labute approximate surface area is 186 Å². The minimum atomic E-state index is -0.252. The molecule has 6 nitrogen and oxygen atoms in total. The number of aromatic nitrogens is 2. The number of allylic oxidation sites excluding steroid dienone is 2. The number of aryl methyl sites for hydroxylation is 2. The number of unbranched alkanes of at least 4 members (excludes halogenated alkanes) is 1. The Morgan fingerprint density at radius 2 is 1.94 bits per heavy atom. The Kier molecular flexibility index (Phi) is 17.3. The number of nitriles is 1. The normalized spacial score (nSPS) is 8.55. The van der Waals surface area contributed by atoms with Gasteiger partial charge in [-0.15, -0.1) is 26.0 Å². The molecule has 0 aliphatic heterocycles. The zero-order chi connectivity index (χ0) is 24.2. The summed E-state index contributed by atoms with van der Waals surface area (Å²) in [6.45, 7) is 15.6. The maximum absolute atomic E-state index is 12.4. The van der Waals surface area contributed by atoms with Gasteiger partial charge >= 0.3 is 0 Å². The number of benzene rings is 1. The number of hydrogen-bond acceptors (Lipinski definition) is 4. The smallest absolute Gasteiger partial charge is 0.269 e. The van der Waals surface area contributed by atoms with Crippen molar-refractivity contribution in [1.29, 1.82) is 5.26 Å². The fraction of sp³-hybridized carbons (Fsp3) is 0.320. The maximum Gasteiger partial charge on any atom is 0.269 e. The van der Waals surface area contributed by atoms with Crippen LogP contribution in [0.2, 0.25) is 0 Å². The molecule has 0 radical (unpaired) electrons. The van der Waals surface area contributed by atoms with Crippen LogP contribution in [0.15, 0.2) is 49.6 Å². The molecule has 0 bridgehead atoms. The summed E-state index contributed by atoms with van der Waals surface area (Å²) in [4.78, 5) is 12.4. The minimum absolute atomic E-state index is 0.00924. The zero-order valence-electron chi connectivity index (χ0n) is 19.1. The third-order valence-electron chi connectivity index (χ3n) is 3.57. The van der Waals surface area contributed by atoms with E-state index in [0.717, 1.165) is 18.5 Å². The average Bonchev–Trinajstić information content (AvgIpc) is 3.16. The summed E-state index contributed by atoms with van der Waals surface area (Å²) in [5, 5.41) is 25.8. The van der Waals surface area contributed by atoms with Crippen LogP contribution in [0.3, 0.4) is 0 Å². The molecule has 1 aromatic carbocycles. The van der Waals surface area contributed by atoms with E-state index in [2.05, 4.69) is 36.4 Å². The number of nitrogens with one attached hydrogen (secondary N) is 1. The number of rotatable bonds is 7. The molecule has 1 amide bonds. The van der Waals surface area contributed by atoms with E-state index in [1.807, 2.05) is 39.8 Å². The predicted molar refractivity (Wildman–Crippen MR) is 127 cm³/mol. The first-order valence-corrected chi connectivity index (χ1v) is 10.0. The van der Waals surface area contributed by atoms with Crippen LogP contribution in [0.25, 0.3) is 0 Å². The number of terminal acetylenes is 1. The Hall–Kier alpha value is -3.77. The van der Waals surface area contributed by atoms with Gasteiger partial charge in [0.15, 0.2) is 0 Å². The number of nitrogens with zero attached hydrogens (tertiary/aromatic N) is 3. The van der Waals surface area contributed by atoms with Gasteiger partial charge in [-0.1, -0.05) is 32.1 Å². The second-order valence-corrected chi connectivity index (χ2v) is 5.87. The molecule has 6 heteroatoms. The lowest BCUT2D eigenvalue weighted by molar-refractivity contribution is 0.0939. The first-order chi connectivity index (χ1) is 15.0. The summed E-state index contributed by atoms with van der Waals surface area (Å²) < 4.78 is 1.69. The van der Waals surface area contributed by atoms with E-state index in [-0.39, 0.29) is 18.2 Å². The maximum atomic E-state index is 12.4. The van der Waals surface area contributed by atoms with Crippen molar-refractivity contribution < 1.29 is 9.90 Å². The van der Waals surface area contributed by atoms with Crippen LogP contribution < -0.4 is 5.32 Å². The molecule has 166 valence electrons. The number of carbonyl (C=O) groups excluding carboxylic acids is 1. The zero-order valence-corrected chi connectivity index (χ0v) is 19.1. The minimum Gasteiger partial charge on any atom is -0.508 e. The standard InChI is InChI=1S/C18H20N4O2.C3H6.C2H6.C2H2/c1-3-4-5-8-22-16(9-13(2)21-22)18(24)20-12-15-7-6-14(11-19)10-17(15)23;1-3-2;2*1-2/h3,6-7,9-10,23H,1,4-5,8,12H2,2H3,(H,20,24);3H,1H2,2H3;1-2H3;1-2H. The number of phenolic OH excluding ortho intramolecular Hbond substituents is 1. The van der Waals surface area contributed by atoms with Gasteiger partial charge in [-0.05, 0) is 44.9 Å². The van der Waals surface area contributed by atoms with Crippen molar-refractivity contribution in [2.75, 3.05) is 0 Å². The second kappa shape index (κ2) is 18.3. The van der Waals surface area contributed by atoms with Crippen LogP contribution in [0.4, 0.5) is 0 Å². The molecule has 0 spiro atoms. The third kappa shape index (κ3) is 11.1. The van der Waals surface area contributed by atoms with Crippen LogP contribution in [-0.2, 0) is 13.1 Å². The quantitative estimate of drug-likeness (QED) is 0.367. The molecule has 0 fully saturated rings. The lowest BCUT2D eigenvalue weighted by atomic mass is 10.1. The van der Waals surface area contributed by atoms with Gasteiger partial charge in [0.1, 0.15) is 11.4 Å². The van der Waals surface area contributed by atoms with E-state index in [1.54, 1.807) is 29.0 Å². The largest absolute Gasteiger partial charge is 0.508 e. The van der Waals surface area contributed by atoms with E-state index in [4.69, 9.17) is 5.26 Å². The van der Waals surface area contributed by atoms with Gasteiger partial charge in [-0.2, -0.15) is 10.4 Å². The van der Waals surface area contributed by atoms with E-state index < -0.39 is 0 Å². The number of carbonyl (C=O) groups is 1. The number of hydrogen-bond donors (Lipinski definition) is 2. The van der Waals surface area contributed by atoms with Crippen molar-refractivity contribution in [3.05, 3.63) is 72.1 Å². The highest BCUT2D eigenvalue weighted by Crippen LogP contribution is 2.18. The Morgan fingerprint density at radius 3 is 2.45 bits per heavy atom. The fourth-order valence-corrected chi connectivity index (χ4v) is 2.33. The molecular formula is C25H34N4O2. The summed E-state index contributed by atoms with van der Waals surface area (Å²) in [5.41, 5.74) is 2.19. The molecule has 0 saturated heterocycles. The van der Waals surface area contributed by atoms with E-state index in [9.17, 15) is 9.90 Å². The van der Waals surface area contributed by atoms with Crippen LogP contribution >= 0.6 is 0 Å². The van der Waals surface area contributed by atoms with Crippen molar-refractivity contribution in [2.45, 2.75) is 53.6 Å². The molecule has 2 aromatic rings. The molecule has 31 heavy (non-hydrogen) atoms. The highest BCUT2D eigenvalue weighted by Gasteiger charge is 2.14. The van der Waals surface area contributed by atoms with Gasteiger partial charge in [0.05, 0.1) is 17.3 Å². The Morgan fingerprint density at radius 1 is 1.32 bits per heavy atom. The Bertz CT molecular complexity index is 873. The van der Waals surface area contributed by atoms with Gasteiger partial charge in [0.2, 0.25) is 0 Å². The highest BCUT2D eigenvalue weighted by molar-refractivity contribution is 5.92. The number of aromatic hydroxyl groups is 1. The molecule has 0 atom stereocenters. The van der Waals surface area contributed by atoms with E-state index in [1.165, 1.54) is 6.07 Å². The molecular weight excluding hydrogens is 388 g/mol. The van der Waals surface area contributed by atoms with E-state index >= 15 is 0 Å². The third-order valence-corrected chi connectivity index (χ3v) is 3.57. The van der Waals surface area contributed by atoms with Crippen LogP contribution in [0.5, 0.6) is 5.75 Å². The first-order valence-electron chi connectivity index (χ1n) is 10.0. The SMILES string of the molecule is C#C.C=CC.C=CCCCn1nc(C)cc1C(=O)NCc1ccc(C#N)cc1O.CC. The summed E-state index contributed by atoms with van der Waals surface area (Å²) in [6.07, 6.45) is 13.3. The van der Waals surface area contributed by atoms with Crippen LogP contribution in [0, 0.1) is 31.1 Å². The molecule has 2 rings (SSSR count). The van der Waals surface area contributed by atoms with Crippen molar-refractivity contribution in [3.8, 4) is 24.7 Å². The first kappa shape index (κ1) is 29.4. The molecule has 2 N–H and O–H groups in total. The molecule has 0 saturated carbocycles. The van der Waals surface area contributed by atoms with E-state index in [0.29, 0.717) is 23.4 Å². The van der Waals surface area contributed by atoms with Crippen LogP contribution in [0.1, 0.15) is 60.9 Å². The molecule has 0 unspecified atom stereocenters. The summed E-state index contributed by atoms with van der Waals surface area (Å²) >= 11 is 0. The number of amides is 1. The monoisotopic (exact) mass is 422 g/mol. The second-order valence-electron chi connectivity index (χ2n) is 5.87. The van der Waals surface area contributed by atoms with Gasteiger partial charge in [0, 0.05) is 18.7 Å². The topological polar surface area (TPSA) is 90.9 Å². The number of phenols is 1. The van der Waals surface area contributed by atoms with Gasteiger partial charge in [-0.25, -0.2) is 0 Å². The molecule has 0 aliphatic carbocycles. The lowest BCUT2D eigenvalue weighted by Gasteiger charge is -2.09. The van der Waals surface area contributed by atoms with Crippen molar-refractivity contribution in [1.82, 2.24) is 15.1 Å². The van der Waals surface area contributed by atoms with Gasteiger partial charge in [-0.3, -0.25) is 9.48 Å². The van der Waals surface area contributed by atoms with Gasteiger partial charge < -0.3 is 10.4 Å². The summed E-state index contributed by atoms with van der Waals surface area (Å²) in [6, 6.07) is 8.30. The highest BCUT2D eigenvalue weighted by atomic mass is 16.3. The molecule has 1 aromatic heterocycles. The fourth-order valence-electron chi connectivity index (χ4n) is 2.33. The van der Waals surface area contributed by atoms with Crippen molar-refractivity contribution in [2.24, 2.45) is 0 Å². The molecule has 0 aliphatic rings. The lowest BCUT2D eigenvalue weighted by Crippen LogP contribution is -2.26. The summed E-state index contributed by atoms with van der Waals surface area (Å²) in [5.74, 6) is -0.261. The Balaban J connectivity index is 0. The van der Waals surface area contributed by atoms with Crippen molar-refractivity contribution in [3.63, 3.8) is 0 Å².